The van der Waals surface area contributed by atoms with Crippen LogP contribution in [0.1, 0.15) is 43.4 Å². The number of piperidine rings is 1. The third-order valence-corrected chi connectivity index (χ3v) is 8.96. The van der Waals surface area contributed by atoms with Gasteiger partial charge in [0.05, 0.1) is 11.2 Å². The highest BCUT2D eigenvalue weighted by molar-refractivity contribution is 7.18. The van der Waals surface area contributed by atoms with Gasteiger partial charge >= 0.3 is 0 Å². The van der Waals surface area contributed by atoms with E-state index in [1.54, 1.807) is 10.9 Å². The van der Waals surface area contributed by atoms with Crippen LogP contribution < -0.4 is 10.3 Å². The zero-order chi connectivity index (χ0) is 23.2. The molecule has 6 rings (SSSR count). The van der Waals surface area contributed by atoms with Gasteiger partial charge in [0.25, 0.3) is 5.56 Å². The van der Waals surface area contributed by atoms with Crippen molar-refractivity contribution in [3.8, 4) is 11.4 Å². The Bertz CT molecular complexity index is 1210. The Balaban J connectivity index is 1.17. The molecule has 3 aliphatic heterocycles. The molecule has 1 aromatic carbocycles. The number of ether oxygens (including phenoxy) is 2. The minimum absolute atomic E-state index is 0.0474. The molecular formula is C26H31N3O4S. The van der Waals surface area contributed by atoms with E-state index in [4.69, 9.17) is 9.47 Å². The van der Waals surface area contributed by atoms with Crippen molar-refractivity contribution in [3.05, 3.63) is 51.9 Å². The molecule has 3 saturated heterocycles. The molecule has 0 amide bonds. The Hall–Kier alpha value is -2.26. The summed E-state index contributed by atoms with van der Waals surface area (Å²) in [6.07, 6.45) is 8.33. The monoisotopic (exact) mass is 481 g/mol. The lowest BCUT2D eigenvalue weighted by Gasteiger charge is -2.36. The normalized spacial score (nSPS) is 29.5. The largest absolute Gasteiger partial charge is 0.490 e. The first-order chi connectivity index (χ1) is 16.5. The number of aliphatic hydroxyl groups is 1. The second-order valence-corrected chi connectivity index (χ2v) is 11.2. The molecule has 4 atom stereocenters. The van der Waals surface area contributed by atoms with Gasteiger partial charge in [-0.1, -0.05) is 0 Å². The van der Waals surface area contributed by atoms with E-state index >= 15 is 0 Å². The molecule has 2 aromatic heterocycles. The molecule has 3 aromatic rings. The first-order valence-corrected chi connectivity index (χ1v) is 13.1. The van der Waals surface area contributed by atoms with E-state index in [-0.39, 0.29) is 11.7 Å². The lowest BCUT2D eigenvalue weighted by atomic mass is 9.95. The van der Waals surface area contributed by atoms with Gasteiger partial charge in [-0.2, -0.15) is 0 Å². The summed E-state index contributed by atoms with van der Waals surface area (Å²) in [7, 11) is 2.24. The zero-order valence-electron chi connectivity index (χ0n) is 19.4. The highest BCUT2D eigenvalue weighted by atomic mass is 32.1. The standard InChI is InChI=1S/C26H31N3O4S/c1-28-18-2-3-19(28)13-21(12-18)33-20-6-4-17(5-7-20)29-15-27-23-14-22(34-25(23)26(29)31)10-16-8-9-32-24(30)11-16/h4-7,14-16,18-19,21,24,30H,2-3,8-13H2,1H3. The van der Waals surface area contributed by atoms with Gasteiger partial charge in [0.2, 0.25) is 0 Å². The lowest BCUT2D eigenvalue weighted by Crippen LogP contribution is -2.43. The van der Waals surface area contributed by atoms with Crippen LogP contribution in [0.3, 0.4) is 0 Å². The van der Waals surface area contributed by atoms with Crippen molar-refractivity contribution in [1.82, 2.24) is 14.5 Å². The summed E-state index contributed by atoms with van der Waals surface area (Å²) < 4.78 is 13.8. The van der Waals surface area contributed by atoms with Crippen LogP contribution in [0.2, 0.25) is 0 Å². The maximum Gasteiger partial charge on any atom is 0.275 e. The quantitative estimate of drug-likeness (QED) is 0.598. The van der Waals surface area contributed by atoms with E-state index in [1.807, 2.05) is 30.3 Å². The molecule has 0 spiro atoms. The fourth-order valence-electron chi connectivity index (χ4n) is 5.89. The van der Waals surface area contributed by atoms with E-state index in [9.17, 15) is 9.90 Å². The number of aromatic nitrogens is 2. The first-order valence-electron chi connectivity index (χ1n) is 12.3. The Kier molecular flexibility index (Phi) is 5.93. The smallest absolute Gasteiger partial charge is 0.275 e. The lowest BCUT2D eigenvalue weighted by molar-refractivity contribution is -0.138. The first kappa shape index (κ1) is 22.2. The molecule has 8 heteroatoms. The molecule has 2 bridgehead atoms. The van der Waals surface area contributed by atoms with Crippen molar-refractivity contribution < 1.29 is 14.6 Å². The SMILES string of the molecule is CN1C2CCC1CC(Oc1ccc(-n3cnc4cc(CC5CCOC(O)C5)sc4c3=O)cc1)C2. The fraction of sp³-hybridized carbons (Fsp3) is 0.538. The van der Waals surface area contributed by atoms with E-state index in [1.165, 1.54) is 24.2 Å². The number of hydrogen-bond donors (Lipinski definition) is 1. The van der Waals surface area contributed by atoms with Crippen LogP contribution in [-0.2, 0) is 11.2 Å². The molecule has 180 valence electrons. The second-order valence-electron chi connectivity index (χ2n) is 10.0. The van der Waals surface area contributed by atoms with Crippen molar-refractivity contribution in [2.75, 3.05) is 13.7 Å². The van der Waals surface area contributed by atoms with Gasteiger partial charge in [0.1, 0.15) is 22.9 Å². The van der Waals surface area contributed by atoms with Gasteiger partial charge in [-0.3, -0.25) is 9.36 Å². The van der Waals surface area contributed by atoms with Crippen LogP contribution >= 0.6 is 11.3 Å². The second kappa shape index (κ2) is 9.07. The van der Waals surface area contributed by atoms with Gasteiger partial charge in [-0.25, -0.2) is 4.98 Å². The molecule has 0 aliphatic carbocycles. The third kappa shape index (κ3) is 4.28. The highest BCUT2D eigenvalue weighted by Gasteiger charge is 2.39. The predicted octanol–water partition coefficient (Wildman–Crippen LogP) is 3.74. The van der Waals surface area contributed by atoms with Crippen LogP contribution in [0.15, 0.2) is 41.5 Å². The van der Waals surface area contributed by atoms with E-state index < -0.39 is 6.29 Å². The highest BCUT2D eigenvalue weighted by Crippen LogP contribution is 2.36. The minimum Gasteiger partial charge on any atom is -0.490 e. The van der Waals surface area contributed by atoms with Gasteiger partial charge in [-0.05, 0) is 81.8 Å². The minimum atomic E-state index is -0.676. The Labute approximate surface area is 202 Å². The van der Waals surface area contributed by atoms with Gasteiger partial charge in [0, 0.05) is 30.0 Å². The number of thiophene rings is 1. The van der Waals surface area contributed by atoms with Crippen molar-refractivity contribution >= 4 is 21.6 Å². The summed E-state index contributed by atoms with van der Waals surface area (Å²) in [5.41, 5.74) is 1.48. The molecule has 3 aliphatic rings. The molecule has 5 heterocycles. The van der Waals surface area contributed by atoms with Crippen LogP contribution in [0, 0.1) is 5.92 Å². The average Bonchev–Trinajstić information content (AvgIpc) is 3.31. The zero-order valence-corrected chi connectivity index (χ0v) is 20.2. The van der Waals surface area contributed by atoms with Gasteiger partial charge in [0.15, 0.2) is 6.29 Å². The molecule has 4 unspecified atom stereocenters. The summed E-state index contributed by atoms with van der Waals surface area (Å²) in [5, 5.41) is 9.76. The van der Waals surface area contributed by atoms with Crippen molar-refractivity contribution in [2.24, 2.45) is 5.92 Å². The summed E-state index contributed by atoms with van der Waals surface area (Å²) in [6.45, 7) is 0.584. The number of fused-ring (bicyclic) bond motifs is 3. The maximum absolute atomic E-state index is 13.2. The third-order valence-electron chi connectivity index (χ3n) is 7.82. The fourth-order valence-corrected chi connectivity index (χ4v) is 7.05. The molecular weight excluding hydrogens is 450 g/mol. The molecule has 1 N–H and O–H groups in total. The Morgan fingerprint density at radius 1 is 1.15 bits per heavy atom. The molecule has 7 nitrogen and oxygen atoms in total. The summed E-state index contributed by atoms with van der Waals surface area (Å²) in [5.74, 6) is 1.23. The summed E-state index contributed by atoms with van der Waals surface area (Å²) in [6, 6.07) is 11.1. The van der Waals surface area contributed by atoms with Crippen LogP contribution in [0.25, 0.3) is 15.9 Å². The van der Waals surface area contributed by atoms with Crippen molar-refractivity contribution in [3.63, 3.8) is 0 Å². The van der Waals surface area contributed by atoms with Gasteiger partial charge in [-0.15, -0.1) is 11.3 Å². The van der Waals surface area contributed by atoms with Crippen LogP contribution in [-0.4, -0.2) is 57.7 Å². The molecule has 0 radical (unpaired) electrons. The number of aliphatic hydroxyl groups excluding tert-OH is 1. The maximum atomic E-state index is 13.2. The van der Waals surface area contributed by atoms with Gasteiger partial charge < -0.3 is 19.5 Å². The van der Waals surface area contributed by atoms with Crippen LogP contribution in [0.5, 0.6) is 5.75 Å². The number of benzene rings is 1. The molecule has 34 heavy (non-hydrogen) atoms. The molecule has 3 fully saturated rings. The number of nitrogens with zero attached hydrogens (tertiary/aromatic N) is 3. The number of rotatable bonds is 5. The Morgan fingerprint density at radius 3 is 2.65 bits per heavy atom. The topological polar surface area (TPSA) is 76.8 Å². The molecule has 0 saturated carbocycles. The van der Waals surface area contributed by atoms with Crippen molar-refractivity contribution in [2.45, 2.75) is 69.4 Å². The summed E-state index contributed by atoms with van der Waals surface area (Å²) in [4.78, 5) is 21.4. The van der Waals surface area contributed by atoms with Crippen molar-refractivity contribution in [1.29, 1.82) is 0 Å². The Morgan fingerprint density at radius 2 is 1.91 bits per heavy atom. The number of hydrogen-bond acceptors (Lipinski definition) is 7. The average molecular weight is 482 g/mol. The van der Waals surface area contributed by atoms with E-state index in [0.717, 1.165) is 47.5 Å². The predicted molar refractivity (Wildman–Crippen MR) is 132 cm³/mol. The summed E-state index contributed by atoms with van der Waals surface area (Å²) >= 11 is 1.51. The van der Waals surface area contributed by atoms with E-state index in [2.05, 4.69) is 16.9 Å². The van der Waals surface area contributed by atoms with Crippen LogP contribution in [0.4, 0.5) is 0 Å². The van der Waals surface area contributed by atoms with E-state index in [0.29, 0.717) is 35.7 Å².